The topological polar surface area (TPSA) is 69.0 Å². The van der Waals surface area contributed by atoms with Gasteiger partial charge in [0, 0.05) is 5.69 Å². The number of nitrogens with zero attached hydrogens (tertiary/aromatic N) is 3. The van der Waals surface area contributed by atoms with Gasteiger partial charge in [-0.3, -0.25) is 4.79 Å². The molecule has 0 fully saturated rings. The maximum atomic E-state index is 13.0. The fourth-order valence-corrected chi connectivity index (χ4v) is 3.14. The Balaban J connectivity index is 1.94. The first kappa shape index (κ1) is 20.6. The third-order valence-corrected chi connectivity index (χ3v) is 5.02. The Morgan fingerprint density at radius 1 is 1.07 bits per heavy atom. The van der Waals surface area contributed by atoms with Crippen molar-refractivity contribution in [3.63, 3.8) is 0 Å². The molecular weight excluding hydrogens is 364 g/mol. The molecule has 0 aliphatic heterocycles. The van der Waals surface area contributed by atoms with Crippen LogP contribution >= 0.6 is 0 Å². The predicted octanol–water partition coefficient (Wildman–Crippen LogP) is 4.75. The average Bonchev–Trinajstić information content (AvgIpc) is 3.04. The van der Waals surface area contributed by atoms with Gasteiger partial charge in [-0.15, -0.1) is 5.10 Å². The zero-order valence-electron chi connectivity index (χ0n) is 18.1. The second kappa shape index (κ2) is 7.70. The summed E-state index contributed by atoms with van der Waals surface area (Å²) >= 11 is 0. The molecule has 3 aromatic rings. The summed E-state index contributed by atoms with van der Waals surface area (Å²) in [7, 11) is 1.61. The zero-order chi connectivity index (χ0) is 21.3. The minimum Gasteiger partial charge on any atom is -0.494 e. The van der Waals surface area contributed by atoms with Gasteiger partial charge in [-0.25, -0.2) is 4.68 Å². The highest BCUT2D eigenvalue weighted by molar-refractivity contribution is 6.04. The van der Waals surface area contributed by atoms with Crippen LogP contribution in [0.1, 0.15) is 53.6 Å². The maximum Gasteiger partial charge on any atom is 0.278 e. The van der Waals surface area contributed by atoms with Crippen molar-refractivity contribution in [3.05, 3.63) is 64.5 Å². The number of aromatic nitrogens is 3. The van der Waals surface area contributed by atoms with Crippen molar-refractivity contribution in [1.29, 1.82) is 0 Å². The lowest BCUT2D eigenvalue weighted by molar-refractivity contribution is 0.102. The molecular formula is C23H28N4O2. The van der Waals surface area contributed by atoms with Gasteiger partial charge in [-0.2, -0.15) is 0 Å². The average molecular weight is 393 g/mol. The molecule has 0 unspecified atom stereocenters. The molecule has 0 spiro atoms. The molecule has 6 heteroatoms. The minimum absolute atomic E-state index is 0.00600. The van der Waals surface area contributed by atoms with Crippen LogP contribution in [0.4, 0.5) is 5.69 Å². The third kappa shape index (κ3) is 4.16. The molecule has 0 radical (unpaired) electrons. The number of carbonyl (C=O) groups excluding carboxylic acids is 1. The van der Waals surface area contributed by atoms with Gasteiger partial charge < -0.3 is 10.1 Å². The third-order valence-electron chi connectivity index (χ3n) is 5.02. The van der Waals surface area contributed by atoms with Crippen LogP contribution in [0.15, 0.2) is 36.4 Å². The lowest BCUT2D eigenvalue weighted by Crippen LogP contribution is -2.17. The Kier molecular flexibility index (Phi) is 5.46. The molecule has 0 saturated heterocycles. The highest BCUT2D eigenvalue weighted by Gasteiger charge is 2.21. The predicted molar refractivity (Wildman–Crippen MR) is 115 cm³/mol. The van der Waals surface area contributed by atoms with Crippen molar-refractivity contribution in [3.8, 4) is 11.4 Å². The van der Waals surface area contributed by atoms with E-state index < -0.39 is 0 Å². The molecule has 1 N–H and O–H groups in total. The van der Waals surface area contributed by atoms with Crippen LogP contribution in [-0.2, 0) is 5.41 Å². The largest absolute Gasteiger partial charge is 0.494 e. The van der Waals surface area contributed by atoms with Crippen LogP contribution in [-0.4, -0.2) is 28.0 Å². The molecule has 3 rings (SSSR count). The van der Waals surface area contributed by atoms with Crippen LogP contribution in [0.5, 0.6) is 5.75 Å². The first-order valence-electron chi connectivity index (χ1n) is 9.61. The first-order valence-corrected chi connectivity index (χ1v) is 9.61. The summed E-state index contributed by atoms with van der Waals surface area (Å²) in [6.45, 7) is 12.2. The Labute approximate surface area is 171 Å². The molecule has 0 saturated carbocycles. The van der Waals surface area contributed by atoms with Crippen molar-refractivity contribution in [2.75, 3.05) is 12.4 Å². The Bertz CT molecular complexity index is 1060. The van der Waals surface area contributed by atoms with Gasteiger partial charge in [0.2, 0.25) is 0 Å². The number of carbonyl (C=O) groups is 1. The van der Waals surface area contributed by atoms with Crippen molar-refractivity contribution >= 4 is 11.6 Å². The van der Waals surface area contributed by atoms with E-state index >= 15 is 0 Å². The number of benzene rings is 2. The summed E-state index contributed by atoms with van der Waals surface area (Å²) < 4.78 is 7.08. The van der Waals surface area contributed by atoms with Crippen LogP contribution in [0, 0.1) is 20.8 Å². The summed E-state index contributed by atoms with van der Waals surface area (Å²) in [6, 6.07) is 11.9. The van der Waals surface area contributed by atoms with Gasteiger partial charge in [-0.1, -0.05) is 44.2 Å². The van der Waals surface area contributed by atoms with Crippen molar-refractivity contribution in [2.45, 2.75) is 47.0 Å². The number of anilines is 1. The van der Waals surface area contributed by atoms with Gasteiger partial charge in [0.15, 0.2) is 5.69 Å². The molecule has 0 atom stereocenters. The highest BCUT2D eigenvalue weighted by Crippen LogP contribution is 2.28. The van der Waals surface area contributed by atoms with Gasteiger partial charge in [-0.05, 0) is 61.1 Å². The number of aryl methyl sites for hydroxylation is 2. The van der Waals surface area contributed by atoms with E-state index in [4.69, 9.17) is 4.74 Å². The Hall–Kier alpha value is -3.15. The molecule has 1 amide bonds. The molecule has 152 valence electrons. The Morgan fingerprint density at radius 2 is 1.79 bits per heavy atom. The molecule has 2 aromatic carbocycles. The highest BCUT2D eigenvalue weighted by atomic mass is 16.5. The second-order valence-corrected chi connectivity index (χ2v) is 8.34. The SMILES string of the molecule is COc1ccc(C)cc1-n1nnc(C(=O)Nc2cc(C(C)(C)C)ccc2C)c1C. The number of nitrogens with one attached hydrogen (secondary N) is 1. The van der Waals surface area contributed by atoms with Gasteiger partial charge in [0.05, 0.1) is 12.8 Å². The number of rotatable bonds is 4. The summed E-state index contributed by atoms with van der Waals surface area (Å²) in [6.07, 6.45) is 0. The normalized spacial score (nSPS) is 11.4. The van der Waals surface area contributed by atoms with E-state index in [2.05, 4.69) is 42.5 Å². The number of amides is 1. The molecule has 6 nitrogen and oxygen atoms in total. The lowest BCUT2D eigenvalue weighted by Gasteiger charge is -2.21. The van der Waals surface area contributed by atoms with Crippen LogP contribution in [0.3, 0.4) is 0 Å². The van der Waals surface area contributed by atoms with E-state index in [1.54, 1.807) is 11.8 Å². The van der Waals surface area contributed by atoms with E-state index in [1.165, 1.54) is 0 Å². The van der Waals surface area contributed by atoms with Crippen LogP contribution in [0.2, 0.25) is 0 Å². The van der Waals surface area contributed by atoms with E-state index in [9.17, 15) is 4.79 Å². The van der Waals surface area contributed by atoms with E-state index in [-0.39, 0.29) is 17.0 Å². The van der Waals surface area contributed by atoms with E-state index in [0.717, 1.165) is 28.1 Å². The quantitative estimate of drug-likeness (QED) is 0.696. The standard InChI is InChI=1S/C23H28N4O2/c1-14-8-11-20(29-7)19(12-14)27-16(3)21(25-26-27)22(28)24-18-13-17(23(4,5)6)10-9-15(18)2/h8-13H,1-7H3,(H,24,28). The number of ether oxygens (including phenoxy) is 1. The monoisotopic (exact) mass is 392 g/mol. The van der Waals surface area contributed by atoms with E-state index in [0.29, 0.717) is 11.4 Å². The van der Waals surface area contributed by atoms with Crippen molar-refractivity contribution < 1.29 is 9.53 Å². The molecule has 0 bridgehead atoms. The summed E-state index contributed by atoms with van der Waals surface area (Å²) in [4.78, 5) is 13.0. The number of hydrogen-bond acceptors (Lipinski definition) is 4. The summed E-state index contributed by atoms with van der Waals surface area (Å²) in [5.41, 5.74) is 5.68. The van der Waals surface area contributed by atoms with Crippen LogP contribution in [0.25, 0.3) is 5.69 Å². The number of methoxy groups -OCH3 is 1. The minimum atomic E-state index is -0.283. The smallest absolute Gasteiger partial charge is 0.278 e. The molecule has 1 heterocycles. The van der Waals surface area contributed by atoms with Crippen molar-refractivity contribution in [1.82, 2.24) is 15.0 Å². The molecule has 1 aromatic heterocycles. The van der Waals surface area contributed by atoms with Crippen LogP contribution < -0.4 is 10.1 Å². The van der Waals surface area contributed by atoms with Gasteiger partial charge in [0.1, 0.15) is 11.4 Å². The van der Waals surface area contributed by atoms with Gasteiger partial charge >= 0.3 is 0 Å². The van der Waals surface area contributed by atoms with Crippen molar-refractivity contribution in [2.24, 2.45) is 0 Å². The van der Waals surface area contributed by atoms with E-state index in [1.807, 2.05) is 51.1 Å². The summed E-state index contributed by atoms with van der Waals surface area (Å²) in [5.74, 6) is 0.388. The fraction of sp³-hybridized carbons (Fsp3) is 0.348. The lowest BCUT2D eigenvalue weighted by atomic mass is 9.86. The second-order valence-electron chi connectivity index (χ2n) is 8.34. The summed E-state index contributed by atoms with van der Waals surface area (Å²) in [5, 5.41) is 11.3. The maximum absolute atomic E-state index is 13.0. The fourth-order valence-electron chi connectivity index (χ4n) is 3.14. The first-order chi connectivity index (χ1) is 13.6. The molecule has 29 heavy (non-hydrogen) atoms. The zero-order valence-corrected chi connectivity index (χ0v) is 18.1. The number of hydrogen-bond donors (Lipinski definition) is 1. The Morgan fingerprint density at radius 3 is 2.45 bits per heavy atom. The van der Waals surface area contributed by atoms with Gasteiger partial charge in [0.25, 0.3) is 5.91 Å². The molecule has 0 aliphatic carbocycles. The molecule has 0 aliphatic rings.